The maximum absolute atomic E-state index is 12.7. The number of piperazine rings is 1. The van der Waals surface area contributed by atoms with E-state index in [1.54, 1.807) is 0 Å². The third-order valence-electron chi connectivity index (χ3n) is 7.08. The second-order valence-corrected chi connectivity index (χ2v) is 11.3. The normalized spacial score (nSPS) is 14.7. The molecule has 8 nitrogen and oxygen atoms in total. The number of hydrogen-bond acceptors (Lipinski definition) is 8. The van der Waals surface area contributed by atoms with Crippen molar-refractivity contribution in [1.29, 1.82) is 0 Å². The van der Waals surface area contributed by atoms with E-state index in [4.69, 9.17) is 26.1 Å². The Kier molecular flexibility index (Phi) is 8.55. The number of carbonyl (C=O) groups excluding carboxylic acids is 1. The zero-order valence-corrected chi connectivity index (χ0v) is 24.0. The Labute approximate surface area is 248 Å². The Bertz CT molecular complexity index is 1500. The first-order valence-electron chi connectivity index (χ1n) is 13.5. The number of nitrogens with one attached hydrogen (secondary N) is 1. The zero-order valence-electron chi connectivity index (χ0n) is 22.5. The molecular weight excluding hydrogens is 558 g/mol. The summed E-state index contributed by atoms with van der Waals surface area (Å²) >= 11 is 7.92. The van der Waals surface area contributed by atoms with Crippen LogP contribution in [-0.2, 0) is 18.8 Å². The van der Waals surface area contributed by atoms with E-state index in [0.717, 1.165) is 55.4 Å². The average molecular weight is 588 g/mol. The molecule has 0 spiro atoms. The lowest BCUT2D eigenvalue weighted by Gasteiger charge is -2.35. The minimum atomic E-state index is -0.131. The van der Waals surface area contributed by atoms with Gasteiger partial charge in [-0.25, -0.2) is 9.97 Å². The fraction of sp³-hybridized carbons (Fsp3) is 0.258. The molecule has 0 unspecified atom stereocenters. The van der Waals surface area contributed by atoms with Crippen molar-refractivity contribution < 1.29 is 14.3 Å². The van der Waals surface area contributed by atoms with Gasteiger partial charge < -0.3 is 19.7 Å². The first kappa shape index (κ1) is 27.4. The quantitative estimate of drug-likeness (QED) is 0.158. The minimum absolute atomic E-state index is 0.131. The number of amides is 1. The predicted octanol–water partition coefficient (Wildman–Crippen LogP) is 5.40. The van der Waals surface area contributed by atoms with E-state index < -0.39 is 0 Å². The highest BCUT2D eigenvalue weighted by Crippen LogP contribution is 2.32. The van der Waals surface area contributed by atoms with Crippen LogP contribution in [0.4, 0.5) is 5.82 Å². The number of aromatic nitrogens is 2. The maximum Gasteiger partial charge on any atom is 0.251 e. The summed E-state index contributed by atoms with van der Waals surface area (Å²) in [6, 6.07) is 25.7. The Balaban J connectivity index is 0.995. The minimum Gasteiger partial charge on any atom is -0.454 e. The summed E-state index contributed by atoms with van der Waals surface area (Å²) in [6.07, 6.45) is 0. The van der Waals surface area contributed by atoms with Crippen LogP contribution < -0.4 is 19.7 Å². The Morgan fingerprint density at radius 1 is 0.854 bits per heavy atom. The molecule has 1 N–H and O–H groups in total. The Hall–Kier alpha value is -3.79. The van der Waals surface area contributed by atoms with E-state index in [1.807, 2.05) is 48.5 Å². The van der Waals surface area contributed by atoms with E-state index >= 15 is 0 Å². The van der Waals surface area contributed by atoms with Crippen molar-refractivity contribution in [3.63, 3.8) is 0 Å². The van der Waals surface area contributed by atoms with Crippen molar-refractivity contribution in [3.8, 4) is 11.5 Å². The smallest absolute Gasteiger partial charge is 0.251 e. The number of thioether (sulfide) groups is 1. The van der Waals surface area contributed by atoms with Crippen molar-refractivity contribution in [2.45, 2.75) is 24.0 Å². The number of hydrogen-bond donors (Lipinski definition) is 1. The molecule has 0 saturated carbocycles. The number of carbonyl (C=O) groups is 1. The first-order valence-corrected chi connectivity index (χ1v) is 14.9. The monoisotopic (exact) mass is 587 g/mol. The van der Waals surface area contributed by atoms with Crippen molar-refractivity contribution in [2.75, 3.05) is 37.9 Å². The highest BCUT2D eigenvalue weighted by molar-refractivity contribution is 7.98. The van der Waals surface area contributed by atoms with Crippen LogP contribution in [0.15, 0.2) is 84.0 Å². The molecule has 0 aliphatic carbocycles. The second-order valence-electron chi connectivity index (χ2n) is 9.94. The summed E-state index contributed by atoms with van der Waals surface area (Å²) in [6.45, 7) is 5.31. The van der Waals surface area contributed by atoms with Crippen LogP contribution >= 0.6 is 23.4 Å². The van der Waals surface area contributed by atoms with E-state index in [0.29, 0.717) is 33.9 Å². The van der Waals surface area contributed by atoms with Gasteiger partial charge in [0.2, 0.25) is 6.79 Å². The van der Waals surface area contributed by atoms with Crippen LogP contribution in [0.2, 0.25) is 5.15 Å². The highest BCUT2D eigenvalue weighted by atomic mass is 35.5. The maximum atomic E-state index is 12.7. The predicted molar refractivity (Wildman–Crippen MR) is 161 cm³/mol. The fourth-order valence-electron chi connectivity index (χ4n) is 4.82. The molecule has 1 fully saturated rings. The van der Waals surface area contributed by atoms with Gasteiger partial charge in [0.1, 0.15) is 11.0 Å². The molecule has 3 heterocycles. The van der Waals surface area contributed by atoms with E-state index in [1.165, 1.54) is 17.3 Å². The molecule has 4 aromatic rings. The second kappa shape index (κ2) is 12.8. The van der Waals surface area contributed by atoms with Gasteiger partial charge in [0.25, 0.3) is 5.91 Å². The van der Waals surface area contributed by atoms with Crippen LogP contribution in [0.5, 0.6) is 11.5 Å². The van der Waals surface area contributed by atoms with Gasteiger partial charge in [-0.2, -0.15) is 0 Å². The average Bonchev–Trinajstić information content (AvgIpc) is 3.48. The summed E-state index contributed by atoms with van der Waals surface area (Å²) in [5.74, 6) is 2.83. The van der Waals surface area contributed by atoms with Crippen LogP contribution in [-0.4, -0.2) is 53.7 Å². The zero-order chi connectivity index (χ0) is 28.0. The summed E-state index contributed by atoms with van der Waals surface area (Å²) in [7, 11) is 0. The van der Waals surface area contributed by atoms with Gasteiger partial charge in [0.15, 0.2) is 16.7 Å². The van der Waals surface area contributed by atoms with E-state index in [2.05, 4.69) is 50.4 Å². The molecule has 2 aliphatic rings. The molecule has 1 amide bonds. The standard InChI is InChI=1S/C31H30ClN5O3S/c32-28-17-29(37-14-12-36(13-15-37)19-22-4-2-1-3-5-22)35-31(34-28)41-20-23-6-9-25(10-7-23)30(38)33-18-24-8-11-26-27(16-24)40-21-39-26/h1-11,16-17H,12-15,18-21H2,(H,33,38). The lowest BCUT2D eigenvalue weighted by Crippen LogP contribution is -2.46. The van der Waals surface area contributed by atoms with Crippen LogP contribution in [0, 0.1) is 0 Å². The molecule has 0 bridgehead atoms. The van der Waals surface area contributed by atoms with Gasteiger partial charge in [-0.3, -0.25) is 9.69 Å². The summed E-state index contributed by atoms with van der Waals surface area (Å²) in [4.78, 5) is 26.6. The third-order valence-corrected chi connectivity index (χ3v) is 8.19. The molecule has 6 rings (SSSR count). The molecule has 10 heteroatoms. The number of fused-ring (bicyclic) bond motifs is 1. The molecule has 210 valence electrons. The topological polar surface area (TPSA) is 79.8 Å². The summed E-state index contributed by atoms with van der Waals surface area (Å²) in [5, 5.41) is 4.05. The first-order chi connectivity index (χ1) is 20.1. The van der Waals surface area contributed by atoms with Gasteiger partial charge in [0.05, 0.1) is 0 Å². The summed E-state index contributed by atoms with van der Waals surface area (Å²) in [5.41, 5.74) is 3.96. The molecular formula is C31H30ClN5O3S. The number of ether oxygens (including phenoxy) is 2. The van der Waals surface area contributed by atoms with Crippen molar-refractivity contribution in [1.82, 2.24) is 20.2 Å². The van der Waals surface area contributed by atoms with Gasteiger partial charge in [-0.1, -0.05) is 71.9 Å². The molecule has 0 atom stereocenters. The van der Waals surface area contributed by atoms with Crippen molar-refractivity contribution >= 4 is 35.1 Å². The fourth-order valence-corrected chi connectivity index (χ4v) is 5.86. The van der Waals surface area contributed by atoms with Gasteiger partial charge in [-0.05, 0) is 41.0 Å². The van der Waals surface area contributed by atoms with E-state index in [9.17, 15) is 4.79 Å². The van der Waals surface area contributed by atoms with Crippen LogP contribution in [0.25, 0.3) is 0 Å². The number of benzene rings is 3. The number of halogens is 1. The Morgan fingerprint density at radius 2 is 1.61 bits per heavy atom. The Morgan fingerprint density at radius 3 is 2.41 bits per heavy atom. The van der Waals surface area contributed by atoms with Gasteiger partial charge >= 0.3 is 0 Å². The van der Waals surface area contributed by atoms with Crippen LogP contribution in [0.3, 0.4) is 0 Å². The lowest BCUT2D eigenvalue weighted by molar-refractivity contribution is 0.0951. The molecule has 3 aromatic carbocycles. The molecule has 0 radical (unpaired) electrons. The van der Waals surface area contributed by atoms with Gasteiger partial charge in [0, 0.05) is 56.7 Å². The molecule has 1 saturated heterocycles. The van der Waals surface area contributed by atoms with Crippen molar-refractivity contribution in [2.24, 2.45) is 0 Å². The molecule has 2 aliphatic heterocycles. The number of anilines is 1. The summed E-state index contributed by atoms with van der Waals surface area (Å²) < 4.78 is 10.7. The van der Waals surface area contributed by atoms with Crippen molar-refractivity contribution in [3.05, 3.63) is 106 Å². The molecule has 41 heavy (non-hydrogen) atoms. The van der Waals surface area contributed by atoms with E-state index in [-0.39, 0.29) is 12.7 Å². The highest BCUT2D eigenvalue weighted by Gasteiger charge is 2.20. The molecule has 1 aromatic heterocycles. The third kappa shape index (κ3) is 7.11. The SMILES string of the molecule is O=C(NCc1ccc2c(c1)OCO2)c1ccc(CSc2nc(Cl)cc(N3CCN(Cc4ccccc4)CC3)n2)cc1. The lowest BCUT2D eigenvalue weighted by atomic mass is 10.1. The number of nitrogens with zero attached hydrogens (tertiary/aromatic N) is 4. The van der Waals surface area contributed by atoms with Gasteiger partial charge in [-0.15, -0.1) is 0 Å². The van der Waals surface area contributed by atoms with Crippen LogP contribution in [0.1, 0.15) is 27.0 Å². The number of rotatable bonds is 9. The largest absolute Gasteiger partial charge is 0.454 e.